The van der Waals surface area contributed by atoms with Crippen LogP contribution in [0, 0.1) is 0 Å². The Bertz CT molecular complexity index is 1070. The van der Waals surface area contributed by atoms with Gasteiger partial charge in [0.15, 0.2) is 0 Å². The molecule has 1 aromatic heterocycles. The van der Waals surface area contributed by atoms with Gasteiger partial charge in [-0.2, -0.15) is 0 Å². The number of hydrogen-bond acceptors (Lipinski definition) is 7. The maximum atomic E-state index is 13.3. The summed E-state index contributed by atoms with van der Waals surface area (Å²) in [5.41, 5.74) is 17.0. The molecule has 0 saturated carbocycles. The molecule has 9 N–H and O–H groups in total. The maximum Gasteiger partial charge on any atom is 0.253 e. The molecule has 0 aliphatic rings. The van der Waals surface area contributed by atoms with Crippen molar-refractivity contribution in [1.82, 2.24) is 20.9 Å². The van der Waals surface area contributed by atoms with Crippen molar-refractivity contribution < 1.29 is 24.0 Å². The quantitative estimate of drug-likeness (QED) is 0.162. The van der Waals surface area contributed by atoms with E-state index in [0.29, 0.717) is 19.4 Å². The molecule has 1 aromatic carbocycles. The number of primary amides is 2. The van der Waals surface area contributed by atoms with Crippen molar-refractivity contribution in [3.63, 3.8) is 0 Å². The van der Waals surface area contributed by atoms with Gasteiger partial charge >= 0.3 is 0 Å². The molecular formula is C25H33N7O5. The third-order valence-corrected chi connectivity index (χ3v) is 5.47. The predicted octanol–water partition coefficient (Wildman–Crippen LogP) is -1.12. The maximum absolute atomic E-state index is 13.3. The lowest BCUT2D eigenvalue weighted by Gasteiger charge is -2.25. The molecule has 1 heterocycles. The number of carbonyl (C=O) groups is 5. The second-order valence-electron chi connectivity index (χ2n) is 8.44. The first-order valence-electron chi connectivity index (χ1n) is 11.8. The second-order valence-corrected chi connectivity index (χ2v) is 8.44. The second kappa shape index (κ2) is 14.9. The van der Waals surface area contributed by atoms with Crippen LogP contribution in [0.3, 0.4) is 0 Å². The van der Waals surface area contributed by atoms with Gasteiger partial charge in [-0.05, 0) is 43.5 Å². The summed E-state index contributed by atoms with van der Waals surface area (Å²) in [6, 6.07) is 8.77. The van der Waals surface area contributed by atoms with Crippen LogP contribution in [0.15, 0.2) is 54.9 Å². The van der Waals surface area contributed by atoms with Crippen molar-refractivity contribution in [1.29, 1.82) is 0 Å². The van der Waals surface area contributed by atoms with Gasteiger partial charge in [0.05, 0.1) is 12.0 Å². The number of rotatable bonds is 15. The lowest BCUT2D eigenvalue weighted by atomic mass is 10.0. The van der Waals surface area contributed by atoms with Crippen molar-refractivity contribution in [2.24, 2.45) is 17.2 Å². The highest BCUT2D eigenvalue weighted by molar-refractivity contribution is 5.98. The molecule has 0 saturated heterocycles. The summed E-state index contributed by atoms with van der Waals surface area (Å²) in [6.07, 6.45) is 3.85. The molecular weight excluding hydrogens is 478 g/mol. The Morgan fingerprint density at radius 3 is 2.08 bits per heavy atom. The number of nitrogens with two attached hydrogens (primary N) is 3. The normalized spacial score (nSPS) is 13.0. The summed E-state index contributed by atoms with van der Waals surface area (Å²) < 4.78 is 0. The van der Waals surface area contributed by atoms with Crippen LogP contribution in [0.4, 0.5) is 0 Å². The Labute approximate surface area is 214 Å². The van der Waals surface area contributed by atoms with Gasteiger partial charge in [0.1, 0.15) is 18.1 Å². The smallest absolute Gasteiger partial charge is 0.253 e. The van der Waals surface area contributed by atoms with Gasteiger partial charge in [0.2, 0.25) is 23.6 Å². The minimum Gasteiger partial charge on any atom is -0.370 e. The zero-order chi connectivity index (χ0) is 27.2. The number of hydrogen-bond donors (Lipinski definition) is 6. The molecule has 0 bridgehead atoms. The lowest BCUT2D eigenvalue weighted by Crippen LogP contribution is -2.57. The first-order valence-corrected chi connectivity index (χ1v) is 11.8. The third-order valence-electron chi connectivity index (χ3n) is 5.47. The first kappa shape index (κ1) is 28.9. The first-order chi connectivity index (χ1) is 17.7. The summed E-state index contributed by atoms with van der Waals surface area (Å²) in [6.45, 7) is 0.381. The van der Waals surface area contributed by atoms with Crippen molar-refractivity contribution in [3.05, 3.63) is 66.0 Å². The monoisotopic (exact) mass is 511 g/mol. The largest absolute Gasteiger partial charge is 0.370 e. The zero-order valence-electron chi connectivity index (χ0n) is 20.4. The van der Waals surface area contributed by atoms with Crippen molar-refractivity contribution in [3.8, 4) is 0 Å². The van der Waals surface area contributed by atoms with Crippen LogP contribution in [0.2, 0.25) is 0 Å². The number of carbonyl (C=O) groups excluding carboxylic acids is 5. The van der Waals surface area contributed by atoms with E-state index in [1.165, 1.54) is 12.4 Å². The van der Waals surface area contributed by atoms with E-state index in [-0.39, 0.29) is 18.4 Å². The molecule has 0 fully saturated rings. The molecule has 2 rings (SSSR count). The van der Waals surface area contributed by atoms with E-state index in [0.717, 1.165) is 5.56 Å². The highest BCUT2D eigenvalue weighted by atomic mass is 16.2. The molecule has 3 atom stereocenters. The number of nitrogens with zero attached hydrogens (tertiary/aromatic N) is 1. The van der Waals surface area contributed by atoms with Crippen LogP contribution in [0.25, 0.3) is 0 Å². The molecule has 2 aromatic rings. The zero-order valence-corrected chi connectivity index (χ0v) is 20.4. The summed E-state index contributed by atoms with van der Waals surface area (Å²) in [5.74, 6) is -3.60. The highest BCUT2D eigenvalue weighted by Crippen LogP contribution is 2.08. The highest BCUT2D eigenvalue weighted by Gasteiger charge is 2.29. The average molecular weight is 512 g/mol. The fourth-order valence-electron chi connectivity index (χ4n) is 3.53. The van der Waals surface area contributed by atoms with E-state index in [9.17, 15) is 24.0 Å². The molecule has 0 unspecified atom stereocenters. The Balaban J connectivity index is 2.23. The minimum atomic E-state index is -1.33. The lowest BCUT2D eigenvalue weighted by molar-refractivity contribution is -0.133. The summed E-state index contributed by atoms with van der Waals surface area (Å²) >= 11 is 0. The van der Waals surface area contributed by atoms with Crippen LogP contribution >= 0.6 is 0 Å². The van der Waals surface area contributed by atoms with Gasteiger partial charge in [-0.15, -0.1) is 0 Å². The Morgan fingerprint density at radius 1 is 0.811 bits per heavy atom. The standard InChI is InChI=1S/C25H33N7O5/c26-11-5-4-10-18(24(36)31-19(22(28)34)14-21(27)33)30-25(37)20(13-16-7-2-1-3-8-16)32-23(35)17-9-6-12-29-15-17/h1-3,6-9,12,15,18-20H,4-5,10-11,13-14,26H2,(H2,27,33)(H2,28,34)(H,30,37)(H,31,36)(H,32,35)/t18-,19-,20-/m0/s1. The number of aromatic nitrogens is 1. The van der Waals surface area contributed by atoms with E-state index in [2.05, 4.69) is 20.9 Å². The predicted molar refractivity (Wildman–Crippen MR) is 135 cm³/mol. The van der Waals surface area contributed by atoms with Crippen molar-refractivity contribution in [2.75, 3.05) is 6.54 Å². The fourth-order valence-corrected chi connectivity index (χ4v) is 3.53. The van der Waals surface area contributed by atoms with Gasteiger partial charge in [-0.3, -0.25) is 29.0 Å². The minimum absolute atomic E-state index is 0.154. The molecule has 5 amide bonds. The van der Waals surface area contributed by atoms with E-state index >= 15 is 0 Å². The fraction of sp³-hybridized carbons (Fsp3) is 0.360. The molecule has 12 nitrogen and oxygen atoms in total. The van der Waals surface area contributed by atoms with Gasteiger partial charge in [-0.1, -0.05) is 30.3 Å². The molecule has 198 valence electrons. The average Bonchev–Trinajstić information content (AvgIpc) is 2.88. The Hall–Kier alpha value is -4.32. The van der Waals surface area contributed by atoms with Gasteiger partial charge in [-0.25, -0.2) is 0 Å². The molecule has 0 aliphatic heterocycles. The third kappa shape index (κ3) is 10.1. The summed E-state index contributed by atoms with van der Waals surface area (Å²) in [7, 11) is 0. The van der Waals surface area contributed by atoms with E-state index in [1.807, 2.05) is 18.2 Å². The van der Waals surface area contributed by atoms with Gasteiger partial charge in [0, 0.05) is 18.8 Å². The van der Waals surface area contributed by atoms with E-state index < -0.39 is 54.1 Å². The van der Waals surface area contributed by atoms with Crippen LogP contribution in [0.5, 0.6) is 0 Å². The SMILES string of the molecule is NCCCC[C@H](NC(=O)[C@H](Cc1ccccc1)NC(=O)c1cccnc1)C(=O)N[C@@H](CC(N)=O)C(N)=O. The topological polar surface area (TPSA) is 212 Å². The summed E-state index contributed by atoms with van der Waals surface area (Å²) in [4.78, 5) is 66.0. The van der Waals surface area contributed by atoms with E-state index in [1.54, 1.807) is 24.3 Å². The molecule has 12 heteroatoms. The van der Waals surface area contributed by atoms with Crippen LogP contribution in [0.1, 0.15) is 41.6 Å². The van der Waals surface area contributed by atoms with Crippen LogP contribution in [-0.4, -0.2) is 59.2 Å². The van der Waals surface area contributed by atoms with Crippen molar-refractivity contribution >= 4 is 29.5 Å². The molecule has 0 radical (unpaired) electrons. The van der Waals surface area contributed by atoms with Crippen molar-refractivity contribution in [2.45, 2.75) is 50.2 Å². The number of nitrogens with one attached hydrogen (secondary N) is 3. The van der Waals surface area contributed by atoms with E-state index in [4.69, 9.17) is 17.2 Å². The number of unbranched alkanes of at least 4 members (excludes halogenated alkanes) is 1. The number of pyridine rings is 1. The Morgan fingerprint density at radius 2 is 1.49 bits per heavy atom. The van der Waals surface area contributed by atoms with Crippen LogP contribution in [-0.2, 0) is 25.6 Å². The number of benzene rings is 1. The number of amides is 5. The molecule has 0 spiro atoms. The Kier molecular flexibility index (Phi) is 11.7. The summed E-state index contributed by atoms with van der Waals surface area (Å²) in [5, 5.41) is 7.74. The van der Waals surface area contributed by atoms with Crippen LogP contribution < -0.4 is 33.2 Å². The molecule has 0 aliphatic carbocycles. The van der Waals surface area contributed by atoms with Gasteiger partial charge < -0.3 is 33.2 Å². The van der Waals surface area contributed by atoms with Gasteiger partial charge in [0.25, 0.3) is 5.91 Å². The molecule has 37 heavy (non-hydrogen) atoms.